The Hall–Kier alpha value is -2.41. The summed E-state index contributed by atoms with van der Waals surface area (Å²) in [6.45, 7) is 1.83. The number of hydrogen-bond donors (Lipinski definition) is 1. The molecule has 1 heterocycles. The van der Waals surface area contributed by atoms with Gasteiger partial charge in [0.2, 0.25) is 10.0 Å². The highest BCUT2D eigenvalue weighted by Gasteiger charge is 2.32. The van der Waals surface area contributed by atoms with Crippen molar-refractivity contribution in [3.63, 3.8) is 0 Å². The van der Waals surface area contributed by atoms with Crippen LogP contribution in [0.4, 0.5) is 15.8 Å². The molecule has 7 heteroatoms. The second-order valence-corrected chi connectivity index (χ2v) is 7.78. The molecule has 3 rings (SSSR count). The monoisotopic (exact) mass is 348 g/mol. The number of nitrogens with one attached hydrogen (secondary N) is 1. The molecule has 126 valence electrons. The summed E-state index contributed by atoms with van der Waals surface area (Å²) >= 11 is 0. The zero-order valence-electron chi connectivity index (χ0n) is 13.3. The highest BCUT2D eigenvalue weighted by Crippen LogP contribution is 2.34. The summed E-state index contributed by atoms with van der Waals surface area (Å²) in [6, 6.07) is 10.4. The first-order valence-electron chi connectivity index (χ1n) is 7.45. The molecule has 0 spiro atoms. The molecule has 0 radical (unpaired) electrons. The second kappa shape index (κ2) is 5.90. The predicted octanol–water partition coefficient (Wildman–Crippen LogP) is 2.79. The molecule has 2 aromatic rings. The number of amides is 1. The normalized spacial score (nSPS) is 16.8. The minimum Gasteiger partial charge on any atom is -0.322 e. The Kier molecular flexibility index (Phi) is 4.04. The van der Waals surface area contributed by atoms with Gasteiger partial charge in [-0.1, -0.05) is 6.07 Å². The van der Waals surface area contributed by atoms with Crippen LogP contribution in [-0.4, -0.2) is 26.6 Å². The third kappa shape index (κ3) is 3.12. The summed E-state index contributed by atoms with van der Waals surface area (Å²) in [5.74, 6) is -0.798. The number of benzene rings is 2. The fourth-order valence-corrected chi connectivity index (χ4v) is 4.28. The molecule has 1 atom stereocenters. The first-order chi connectivity index (χ1) is 11.3. The maximum absolute atomic E-state index is 13.2. The summed E-state index contributed by atoms with van der Waals surface area (Å²) in [7, 11) is -3.36. The summed E-state index contributed by atoms with van der Waals surface area (Å²) in [5, 5.41) is 2.63. The van der Waals surface area contributed by atoms with E-state index < -0.39 is 15.8 Å². The summed E-state index contributed by atoms with van der Waals surface area (Å²) < 4.78 is 38.4. The van der Waals surface area contributed by atoms with Gasteiger partial charge in [-0.05, 0) is 55.3 Å². The summed E-state index contributed by atoms with van der Waals surface area (Å²) in [4.78, 5) is 12.3. The lowest BCUT2D eigenvalue weighted by atomic mass is 10.1. The molecule has 0 saturated heterocycles. The quantitative estimate of drug-likeness (QED) is 0.927. The van der Waals surface area contributed by atoms with E-state index in [-0.39, 0.29) is 11.9 Å². The van der Waals surface area contributed by atoms with E-state index in [1.54, 1.807) is 24.3 Å². The van der Waals surface area contributed by atoms with E-state index in [4.69, 9.17) is 0 Å². The van der Waals surface area contributed by atoms with Gasteiger partial charge in [-0.15, -0.1) is 0 Å². The standard InChI is InChI=1S/C17H17FN2O3S/c1-11-8-13-9-12(6-7-16(13)20(11)24(2,22)23)17(21)19-15-5-3-4-14(18)10-15/h3-7,9-11H,8H2,1-2H3,(H,19,21). The average Bonchev–Trinajstić information content (AvgIpc) is 2.81. The van der Waals surface area contributed by atoms with Gasteiger partial charge in [-0.3, -0.25) is 9.10 Å². The molecule has 24 heavy (non-hydrogen) atoms. The summed E-state index contributed by atoms with van der Waals surface area (Å²) in [5.41, 5.74) is 2.18. The maximum Gasteiger partial charge on any atom is 0.255 e. The van der Waals surface area contributed by atoms with E-state index in [2.05, 4.69) is 5.32 Å². The van der Waals surface area contributed by atoms with E-state index in [9.17, 15) is 17.6 Å². The van der Waals surface area contributed by atoms with E-state index in [1.165, 1.54) is 28.8 Å². The van der Waals surface area contributed by atoms with Crippen molar-refractivity contribution in [1.82, 2.24) is 0 Å². The largest absolute Gasteiger partial charge is 0.322 e. The molecule has 1 amide bonds. The number of nitrogens with zero attached hydrogens (tertiary/aromatic N) is 1. The molecule has 0 aromatic heterocycles. The van der Waals surface area contributed by atoms with Crippen LogP contribution in [0.2, 0.25) is 0 Å². The van der Waals surface area contributed by atoms with Gasteiger partial charge < -0.3 is 5.32 Å². The van der Waals surface area contributed by atoms with Crippen molar-refractivity contribution in [3.8, 4) is 0 Å². The van der Waals surface area contributed by atoms with Gasteiger partial charge >= 0.3 is 0 Å². The molecule has 0 saturated carbocycles. The summed E-state index contributed by atoms with van der Waals surface area (Å²) in [6.07, 6.45) is 1.71. The van der Waals surface area contributed by atoms with Crippen LogP contribution in [0.1, 0.15) is 22.8 Å². The Morgan fingerprint density at radius 3 is 2.67 bits per heavy atom. The number of carbonyl (C=O) groups is 1. The molecule has 1 N–H and O–H groups in total. The number of sulfonamides is 1. The lowest BCUT2D eigenvalue weighted by Gasteiger charge is -2.21. The van der Waals surface area contributed by atoms with Crippen molar-refractivity contribution < 1.29 is 17.6 Å². The minimum absolute atomic E-state index is 0.184. The molecule has 1 unspecified atom stereocenters. The molecule has 2 aromatic carbocycles. The van der Waals surface area contributed by atoms with Gasteiger partial charge in [0, 0.05) is 17.3 Å². The zero-order chi connectivity index (χ0) is 17.5. The lowest BCUT2D eigenvalue weighted by Crippen LogP contribution is -2.34. The first-order valence-corrected chi connectivity index (χ1v) is 9.30. The fraction of sp³-hybridized carbons (Fsp3) is 0.235. The van der Waals surface area contributed by atoms with Crippen LogP contribution in [0.25, 0.3) is 0 Å². The van der Waals surface area contributed by atoms with Crippen LogP contribution in [0.5, 0.6) is 0 Å². The minimum atomic E-state index is -3.36. The molecule has 0 aliphatic carbocycles. The number of fused-ring (bicyclic) bond motifs is 1. The number of hydrogen-bond acceptors (Lipinski definition) is 3. The van der Waals surface area contributed by atoms with Gasteiger partial charge in [0.25, 0.3) is 5.91 Å². The molecule has 0 bridgehead atoms. The van der Waals surface area contributed by atoms with Crippen LogP contribution in [0.3, 0.4) is 0 Å². The maximum atomic E-state index is 13.2. The smallest absolute Gasteiger partial charge is 0.255 e. The Labute approximate surface area is 140 Å². The average molecular weight is 348 g/mol. The zero-order valence-corrected chi connectivity index (χ0v) is 14.1. The number of carbonyl (C=O) groups excluding carboxylic acids is 1. The van der Waals surface area contributed by atoms with Crippen LogP contribution in [0, 0.1) is 5.82 Å². The third-order valence-electron chi connectivity index (χ3n) is 3.93. The van der Waals surface area contributed by atoms with E-state index in [0.717, 1.165) is 5.56 Å². The van der Waals surface area contributed by atoms with Gasteiger partial charge in [-0.2, -0.15) is 0 Å². The number of halogens is 1. The Balaban J connectivity index is 1.87. The van der Waals surface area contributed by atoms with Crippen molar-refractivity contribution >= 4 is 27.3 Å². The van der Waals surface area contributed by atoms with Gasteiger partial charge in [0.15, 0.2) is 0 Å². The van der Waals surface area contributed by atoms with Crippen molar-refractivity contribution in [2.75, 3.05) is 15.9 Å². The molecular formula is C17H17FN2O3S. The molecule has 1 aliphatic heterocycles. The van der Waals surface area contributed by atoms with Gasteiger partial charge in [0.1, 0.15) is 5.82 Å². The van der Waals surface area contributed by atoms with E-state index >= 15 is 0 Å². The third-order valence-corrected chi connectivity index (χ3v) is 5.21. The highest BCUT2D eigenvalue weighted by atomic mass is 32.2. The Morgan fingerprint density at radius 1 is 1.25 bits per heavy atom. The van der Waals surface area contributed by atoms with E-state index in [0.29, 0.717) is 23.4 Å². The van der Waals surface area contributed by atoms with Crippen molar-refractivity contribution in [1.29, 1.82) is 0 Å². The molecule has 1 aliphatic rings. The van der Waals surface area contributed by atoms with Gasteiger partial charge in [-0.25, -0.2) is 12.8 Å². The van der Waals surface area contributed by atoms with Crippen molar-refractivity contribution in [3.05, 3.63) is 59.4 Å². The fourth-order valence-electron chi connectivity index (χ4n) is 3.02. The number of rotatable bonds is 3. The molecule has 0 fully saturated rings. The first kappa shape index (κ1) is 16.4. The SMILES string of the molecule is CC1Cc2cc(C(=O)Nc3cccc(F)c3)ccc2N1S(C)(=O)=O. The highest BCUT2D eigenvalue weighted by molar-refractivity contribution is 7.92. The Morgan fingerprint density at radius 2 is 2.00 bits per heavy atom. The van der Waals surface area contributed by atoms with E-state index in [1.807, 2.05) is 6.92 Å². The second-order valence-electron chi connectivity index (χ2n) is 5.92. The topological polar surface area (TPSA) is 66.5 Å². The molecular weight excluding hydrogens is 331 g/mol. The van der Waals surface area contributed by atoms with Crippen LogP contribution < -0.4 is 9.62 Å². The van der Waals surface area contributed by atoms with Crippen molar-refractivity contribution in [2.24, 2.45) is 0 Å². The Bertz CT molecular complexity index is 912. The van der Waals surface area contributed by atoms with Gasteiger partial charge in [0.05, 0.1) is 11.9 Å². The predicted molar refractivity (Wildman–Crippen MR) is 91.3 cm³/mol. The van der Waals surface area contributed by atoms with Crippen LogP contribution >= 0.6 is 0 Å². The van der Waals surface area contributed by atoms with Crippen LogP contribution in [-0.2, 0) is 16.4 Å². The molecule has 5 nitrogen and oxygen atoms in total. The lowest BCUT2D eigenvalue weighted by molar-refractivity contribution is 0.102. The van der Waals surface area contributed by atoms with Crippen LogP contribution in [0.15, 0.2) is 42.5 Å². The van der Waals surface area contributed by atoms with Crippen molar-refractivity contribution in [2.45, 2.75) is 19.4 Å². The number of anilines is 2.